The van der Waals surface area contributed by atoms with Crippen molar-refractivity contribution in [2.45, 2.75) is 12.6 Å². The number of nitrogens with one attached hydrogen (secondary N) is 1. The van der Waals surface area contributed by atoms with Crippen molar-refractivity contribution in [1.82, 2.24) is 5.43 Å². The van der Waals surface area contributed by atoms with Gasteiger partial charge in [-0.15, -0.1) is 0 Å². The molecule has 2 aromatic rings. The average molecular weight is 405 g/mol. The van der Waals surface area contributed by atoms with E-state index >= 15 is 0 Å². The number of methoxy groups -OCH3 is 1. The number of hydrogen-bond acceptors (Lipinski definition) is 4. The zero-order valence-electron chi connectivity index (χ0n) is 15.4. The van der Waals surface area contributed by atoms with Gasteiger partial charge in [0.05, 0.1) is 24.8 Å². The molecule has 2 amide bonds. The predicted molar refractivity (Wildman–Crippen MR) is 101 cm³/mol. The number of anilines is 1. The predicted octanol–water partition coefficient (Wildman–Crippen LogP) is 3.22. The molecule has 1 aliphatic rings. The monoisotopic (exact) mass is 405 g/mol. The van der Waals surface area contributed by atoms with Gasteiger partial charge in [0.25, 0.3) is 0 Å². The lowest BCUT2D eigenvalue weighted by Gasteiger charge is -2.16. The number of ether oxygens (including phenoxy) is 1. The topological polar surface area (TPSA) is 71.0 Å². The van der Waals surface area contributed by atoms with Crippen molar-refractivity contribution in [3.63, 3.8) is 0 Å². The van der Waals surface area contributed by atoms with Gasteiger partial charge < -0.3 is 9.64 Å². The van der Waals surface area contributed by atoms with Crippen molar-refractivity contribution in [1.29, 1.82) is 0 Å². The highest BCUT2D eigenvalue weighted by molar-refractivity contribution is 6.00. The van der Waals surface area contributed by atoms with E-state index in [0.29, 0.717) is 11.4 Å². The first-order valence-electron chi connectivity index (χ1n) is 8.73. The number of benzene rings is 2. The third-order valence-electron chi connectivity index (χ3n) is 4.52. The maximum Gasteiger partial charge on any atom is 0.417 e. The van der Waals surface area contributed by atoms with Gasteiger partial charge in [0.2, 0.25) is 11.8 Å². The molecule has 6 nitrogen and oxygen atoms in total. The highest BCUT2D eigenvalue weighted by Gasteiger charge is 2.35. The maximum atomic E-state index is 13.0. The summed E-state index contributed by atoms with van der Waals surface area (Å²) in [5.41, 5.74) is 1.85. The van der Waals surface area contributed by atoms with Crippen molar-refractivity contribution >= 4 is 23.7 Å². The second-order valence-electron chi connectivity index (χ2n) is 6.42. The molecule has 1 N–H and O–H groups in total. The van der Waals surface area contributed by atoms with Crippen LogP contribution in [0.5, 0.6) is 5.75 Å². The molecule has 2 aromatic carbocycles. The lowest BCUT2D eigenvalue weighted by atomic mass is 10.1. The van der Waals surface area contributed by atoms with E-state index in [1.807, 2.05) is 0 Å². The molecular formula is C20H18F3N3O3. The van der Waals surface area contributed by atoms with Crippen LogP contribution in [0.15, 0.2) is 53.6 Å². The Balaban J connectivity index is 1.63. The fraction of sp³-hybridized carbons (Fsp3) is 0.250. The zero-order chi connectivity index (χ0) is 21.0. The van der Waals surface area contributed by atoms with E-state index in [4.69, 9.17) is 4.74 Å². The van der Waals surface area contributed by atoms with Crippen LogP contribution in [0.1, 0.15) is 17.5 Å². The SMILES string of the molecule is COc1ccc(N2C[C@H](C(=O)N/N=C/c3ccccc3C(F)(F)F)CC2=O)cc1. The van der Waals surface area contributed by atoms with Crippen LogP contribution in [0.4, 0.5) is 18.9 Å². The van der Waals surface area contributed by atoms with E-state index in [-0.39, 0.29) is 24.4 Å². The summed E-state index contributed by atoms with van der Waals surface area (Å²) in [6.07, 6.45) is -3.59. The van der Waals surface area contributed by atoms with Crippen LogP contribution < -0.4 is 15.1 Å². The third kappa shape index (κ3) is 4.74. The van der Waals surface area contributed by atoms with E-state index in [1.54, 1.807) is 24.3 Å². The Labute approximate surface area is 165 Å². The maximum absolute atomic E-state index is 13.0. The Hall–Kier alpha value is -3.36. The number of halogens is 3. The Morgan fingerprint density at radius 2 is 1.90 bits per heavy atom. The Bertz CT molecular complexity index is 927. The first kappa shape index (κ1) is 20.4. The molecule has 0 aromatic heterocycles. The van der Waals surface area contributed by atoms with Crippen molar-refractivity contribution < 1.29 is 27.5 Å². The number of carbonyl (C=O) groups excluding carboxylic acids is 2. The van der Waals surface area contributed by atoms with E-state index in [2.05, 4.69) is 10.5 Å². The summed E-state index contributed by atoms with van der Waals surface area (Å²) in [6, 6.07) is 11.7. The molecule has 0 bridgehead atoms. The number of nitrogens with zero attached hydrogens (tertiary/aromatic N) is 2. The van der Waals surface area contributed by atoms with Gasteiger partial charge in [-0.2, -0.15) is 18.3 Å². The van der Waals surface area contributed by atoms with Gasteiger partial charge in [-0.05, 0) is 30.3 Å². The molecule has 3 rings (SSSR count). The number of alkyl halides is 3. The first-order chi connectivity index (χ1) is 13.8. The number of amides is 2. The van der Waals surface area contributed by atoms with Crippen molar-refractivity contribution in [2.75, 3.05) is 18.6 Å². The summed E-state index contributed by atoms with van der Waals surface area (Å²) in [5.74, 6) is -0.764. The Kier molecular flexibility index (Phi) is 5.86. The summed E-state index contributed by atoms with van der Waals surface area (Å²) in [7, 11) is 1.53. The minimum atomic E-state index is -4.52. The lowest BCUT2D eigenvalue weighted by molar-refractivity contribution is -0.137. The van der Waals surface area contributed by atoms with Gasteiger partial charge in [-0.3, -0.25) is 9.59 Å². The van der Waals surface area contributed by atoms with Crippen LogP contribution in [0.25, 0.3) is 0 Å². The van der Waals surface area contributed by atoms with Gasteiger partial charge in [0.15, 0.2) is 0 Å². The molecular weight excluding hydrogens is 387 g/mol. The van der Waals surface area contributed by atoms with E-state index in [0.717, 1.165) is 12.3 Å². The molecule has 29 heavy (non-hydrogen) atoms. The van der Waals surface area contributed by atoms with Gasteiger partial charge in [0.1, 0.15) is 5.75 Å². The molecule has 1 saturated heterocycles. The highest BCUT2D eigenvalue weighted by Crippen LogP contribution is 2.31. The van der Waals surface area contributed by atoms with E-state index in [1.165, 1.54) is 30.2 Å². The molecule has 152 valence electrons. The summed E-state index contributed by atoms with van der Waals surface area (Å²) < 4.78 is 44.0. The fourth-order valence-electron chi connectivity index (χ4n) is 3.02. The van der Waals surface area contributed by atoms with Gasteiger partial charge in [-0.1, -0.05) is 18.2 Å². The first-order valence-corrected chi connectivity index (χ1v) is 8.73. The largest absolute Gasteiger partial charge is 0.497 e. The second-order valence-corrected chi connectivity index (χ2v) is 6.42. The normalized spacial score (nSPS) is 17.0. The lowest BCUT2D eigenvalue weighted by Crippen LogP contribution is -2.30. The molecule has 0 saturated carbocycles. The van der Waals surface area contributed by atoms with Crippen LogP contribution in [0, 0.1) is 5.92 Å². The van der Waals surface area contributed by atoms with E-state index < -0.39 is 23.6 Å². The molecule has 1 heterocycles. The fourth-order valence-corrected chi connectivity index (χ4v) is 3.02. The number of rotatable bonds is 5. The molecule has 9 heteroatoms. The van der Waals surface area contributed by atoms with Gasteiger partial charge in [-0.25, -0.2) is 5.43 Å². The standard InChI is InChI=1S/C20H18F3N3O3/c1-29-16-8-6-15(7-9-16)26-12-14(10-18(26)27)19(28)25-24-11-13-4-2-3-5-17(13)20(21,22)23/h2-9,11,14H,10,12H2,1H3,(H,25,28)/b24-11+/t14-/m1/s1. The van der Waals surface area contributed by atoms with Crippen molar-refractivity contribution in [3.05, 3.63) is 59.7 Å². The third-order valence-corrected chi connectivity index (χ3v) is 4.52. The van der Waals surface area contributed by atoms with Crippen LogP contribution in [0.3, 0.4) is 0 Å². The number of carbonyl (C=O) groups is 2. The van der Waals surface area contributed by atoms with Gasteiger partial charge in [0, 0.05) is 24.2 Å². The molecule has 1 atom stereocenters. The van der Waals surface area contributed by atoms with Crippen molar-refractivity contribution in [3.8, 4) is 5.75 Å². The molecule has 1 fully saturated rings. The molecule has 0 unspecified atom stereocenters. The molecule has 1 aliphatic heterocycles. The molecule has 0 radical (unpaired) electrons. The van der Waals surface area contributed by atoms with Crippen LogP contribution >= 0.6 is 0 Å². The summed E-state index contributed by atoms with van der Waals surface area (Å²) >= 11 is 0. The summed E-state index contributed by atoms with van der Waals surface area (Å²) in [5, 5.41) is 3.63. The molecule has 0 spiro atoms. The Morgan fingerprint density at radius 3 is 2.55 bits per heavy atom. The minimum absolute atomic E-state index is 0.00742. The minimum Gasteiger partial charge on any atom is -0.497 e. The number of hydrogen-bond donors (Lipinski definition) is 1. The zero-order valence-corrected chi connectivity index (χ0v) is 15.4. The average Bonchev–Trinajstić information content (AvgIpc) is 3.09. The second kappa shape index (κ2) is 8.34. The van der Waals surface area contributed by atoms with Crippen LogP contribution in [-0.2, 0) is 15.8 Å². The summed E-state index contributed by atoms with van der Waals surface area (Å²) in [6.45, 7) is 0.158. The smallest absolute Gasteiger partial charge is 0.417 e. The van der Waals surface area contributed by atoms with Crippen molar-refractivity contribution in [2.24, 2.45) is 11.0 Å². The van der Waals surface area contributed by atoms with Crippen LogP contribution in [0.2, 0.25) is 0 Å². The number of hydrazone groups is 1. The van der Waals surface area contributed by atoms with Crippen LogP contribution in [-0.4, -0.2) is 31.7 Å². The quantitative estimate of drug-likeness (QED) is 0.613. The molecule has 0 aliphatic carbocycles. The highest BCUT2D eigenvalue weighted by atomic mass is 19.4. The Morgan fingerprint density at radius 1 is 1.21 bits per heavy atom. The van der Waals surface area contributed by atoms with Gasteiger partial charge >= 0.3 is 6.18 Å². The van der Waals surface area contributed by atoms with E-state index in [9.17, 15) is 22.8 Å². The summed E-state index contributed by atoms with van der Waals surface area (Å²) in [4.78, 5) is 26.0.